The highest BCUT2D eigenvalue weighted by Crippen LogP contribution is 2.28. The highest BCUT2D eigenvalue weighted by molar-refractivity contribution is 6.31. The predicted octanol–water partition coefficient (Wildman–Crippen LogP) is 3.74. The van der Waals surface area contributed by atoms with Gasteiger partial charge in [0.15, 0.2) is 0 Å². The third kappa shape index (κ3) is 2.78. The lowest BCUT2D eigenvalue weighted by Crippen LogP contribution is -2.31. The van der Waals surface area contributed by atoms with Crippen molar-refractivity contribution in [2.75, 3.05) is 0 Å². The molecule has 0 saturated carbocycles. The molecule has 2 aromatic rings. The average Bonchev–Trinajstić information content (AvgIpc) is 2.57. The number of hydrogen-bond acceptors (Lipinski definition) is 2. The molecule has 1 aromatic carbocycles. The monoisotopic (exact) mass is 297 g/mol. The molecule has 0 aliphatic carbocycles. The van der Waals surface area contributed by atoms with E-state index in [2.05, 4.69) is 5.10 Å². The zero-order valence-electron chi connectivity index (χ0n) is 11.2. The quantitative estimate of drug-likeness (QED) is 0.938. The molecule has 1 heterocycles. The second-order valence-corrected chi connectivity index (χ2v) is 5.60. The van der Waals surface area contributed by atoms with Crippen LogP contribution in [0, 0.1) is 13.8 Å². The van der Waals surface area contributed by atoms with Crippen LogP contribution in [0.25, 0.3) is 0 Å². The summed E-state index contributed by atoms with van der Waals surface area (Å²) in [6, 6.07) is 7.50. The van der Waals surface area contributed by atoms with Gasteiger partial charge in [-0.15, -0.1) is 0 Å². The molecule has 1 aromatic heterocycles. The summed E-state index contributed by atoms with van der Waals surface area (Å²) in [6.45, 7) is 5.79. The minimum Gasteiger partial charge on any atom is -0.326 e. The summed E-state index contributed by atoms with van der Waals surface area (Å²) < 4.78 is 1.88. The van der Waals surface area contributed by atoms with Crippen LogP contribution in [-0.2, 0) is 0 Å². The van der Waals surface area contributed by atoms with E-state index < -0.39 is 0 Å². The van der Waals surface area contributed by atoms with E-state index in [-0.39, 0.29) is 12.1 Å². The van der Waals surface area contributed by atoms with Crippen LogP contribution in [0.1, 0.15) is 29.9 Å². The Balaban J connectivity index is 2.55. The summed E-state index contributed by atoms with van der Waals surface area (Å²) in [5.74, 6) is 0. The second kappa shape index (κ2) is 5.53. The number of rotatable bonds is 3. The van der Waals surface area contributed by atoms with E-state index in [1.165, 1.54) is 0 Å². The van der Waals surface area contributed by atoms with Crippen LogP contribution in [-0.4, -0.2) is 15.8 Å². The van der Waals surface area contributed by atoms with Crippen molar-refractivity contribution in [3.63, 3.8) is 0 Å². The Hall–Kier alpha value is -1.03. The first-order valence-corrected chi connectivity index (χ1v) is 6.89. The van der Waals surface area contributed by atoms with Crippen LogP contribution >= 0.6 is 23.2 Å². The van der Waals surface area contributed by atoms with E-state index in [0.717, 1.165) is 17.0 Å². The zero-order chi connectivity index (χ0) is 14.2. The molecule has 0 amide bonds. The van der Waals surface area contributed by atoms with E-state index in [0.29, 0.717) is 10.0 Å². The van der Waals surface area contributed by atoms with Crippen LogP contribution in [0.2, 0.25) is 10.0 Å². The lowest BCUT2D eigenvalue weighted by molar-refractivity contribution is 0.443. The van der Waals surface area contributed by atoms with Gasteiger partial charge in [0, 0.05) is 11.1 Å². The van der Waals surface area contributed by atoms with Crippen LogP contribution in [0.4, 0.5) is 0 Å². The minimum absolute atomic E-state index is 0.0788. The van der Waals surface area contributed by atoms with Gasteiger partial charge >= 0.3 is 0 Å². The summed E-state index contributed by atoms with van der Waals surface area (Å²) in [4.78, 5) is 0. The van der Waals surface area contributed by atoms with Gasteiger partial charge in [0.05, 0.1) is 22.5 Å². The fourth-order valence-electron chi connectivity index (χ4n) is 2.27. The number of benzene rings is 1. The molecule has 5 heteroatoms. The van der Waals surface area contributed by atoms with Crippen molar-refractivity contribution in [1.82, 2.24) is 9.78 Å². The summed E-state index contributed by atoms with van der Waals surface area (Å²) >= 11 is 12.3. The topological polar surface area (TPSA) is 43.8 Å². The number of nitrogens with zero attached hydrogens (tertiary/aromatic N) is 2. The number of aryl methyl sites for hydroxylation is 1. The Morgan fingerprint density at radius 3 is 2.42 bits per heavy atom. The van der Waals surface area contributed by atoms with Gasteiger partial charge in [-0.3, -0.25) is 4.68 Å². The van der Waals surface area contributed by atoms with Crippen LogP contribution < -0.4 is 5.73 Å². The van der Waals surface area contributed by atoms with Crippen LogP contribution in [0.3, 0.4) is 0 Å². The summed E-state index contributed by atoms with van der Waals surface area (Å²) in [5.41, 5.74) is 8.89. The maximum absolute atomic E-state index is 6.22. The Bertz CT molecular complexity index is 590. The molecule has 2 rings (SSSR count). The molecule has 0 bridgehead atoms. The Morgan fingerprint density at radius 1 is 1.26 bits per heavy atom. The maximum Gasteiger partial charge on any atom is 0.0920 e. The third-order valence-electron chi connectivity index (χ3n) is 3.19. The molecule has 102 valence electrons. The van der Waals surface area contributed by atoms with Gasteiger partial charge in [-0.2, -0.15) is 5.10 Å². The maximum atomic E-state index is 6.22. The standard InChI is InChI=1S/C14H17Cl2N3/c1-8(17)14(11-5-4-6-12(15)7-11)19-10(3)13(16)9(2)18-19/h4-8,14H,17H2,1-3H3. The summed E-state index contributed by atoms with van der Waals surface area (Å²) in [5, 5.41) is 5.88. The van der Waals surface area contributed by atoms with Gasteiger partial charge in [0.1, 0.15) is 0 Å². The smallest absolute Gasteiger partial charge is 0.0920 e. The van der Waals surface area contributed by atoms with Crippen molar-refractivity contribution in [3.8, 4) is 0 Å². The molecule has 2 unspecified atom stereocenters. The Kier molecular flexibility index (Phi) is 4.19. The number of aromatic nitrogens is 2. The molecule has 19 heavy (non-hydrogen) atoms. The molecule has 2 atom stereocenters. The third-order valence-corrected chi connectivity index (χ3v) is 3.97. The van der Waals surface area contributed by atoms with Gasteiger partial charge in [-0.05, 0) is 38.5 Å². The number of nitrogens with two attached hydrogens (primary N) is 1. The van der Waals surface area contributed by atoms with Crippen molar-refractivity contribution in [2.45, 2.75) is 32.9 Å². The molecule has 0 spiro atoms. The molecule has 2 N–H and O–H groups in total. The van der Waals surface area contributed by atoms with Crippen molar-refractivity contribution < 1.29 is 0 Å². The second-order valence-electron chi connectivity index (χ2n) is 4.79. The minimum atomic E-state index is -0.104. The van der Waals surface area contributed by atoms with Gasteiger partial charge in [-0.1, -0.05) is 35.3 Å². The molecule has 0 radical (unpaired) electrons. The number of hydrogen-bond donors (Lipinski definition) is 1. The highest BCUT2D eigenvalue weighted by atomic mass is 35.5. The fraction of sp³-hybridized carbons (Fsp3) is 0.357. The van der Waals surface area contributed by atoms with E-state index in [9.17, 15) is 0 Å². The molecule has 0 fully saturated rings. The molecular formula is C14H17Cl2N3. The normalized spacial score (nSPS) is 14.4. The van der Waals surface area contributed by atoms with Gasteiger partial charge in [-0.25, -0.2) is 0 Å². The first-order valence-electron chi connectivity index (χ1n) is 6.14. The van der Waals surface area contributed by atoms with Crippen molar-refractivity contribution >= 4 is 23.2 Å². The lowest BCUT2D eigenvalue weighted by Gasteiger charge is -2.23. The van der Waals surface area contributed by atoms with Crippen molar-refractivity contribution in [1.29, 1.82) is 0 Å². The largest absolute Gasteiger partial charge is 0.326 e. The molecule has 0 aliphatic rings. The molecular weight excluding hydrogens is 281 g/mol. The zero-order valence-corrected chi connectivity index (χ0v) is 12.7. The van der Waals surface area contributed by atoms with Gasteiger partial charge < -0.3 is 5.73 Å². The SMILES string of the molecule is Cc1nn(C(c2cccc(Cl)c2)C(C)N)c(C)c1Cl. The van der Waals surface area contributed by atoms with Crippen LogP contribution in [0.15, 0.2) is 24.3 Å². The van der Waals surface area contributed by atoms with E-state index in [4.69, 9.17) is 28.9 Å². The van der Waals surface area contributed by atoms with E-state index in [1.54, 1.807) is 0 Å². The average molecular weight is 298 g/mol. The van der Waals surface area contributed by atoms with Crippen molar-refractivity contribution in [2.24, 2.45) is 5.73 Å². The molecule has 3 nitrogen and oxygen atoms in total. The summed E-state index contributed by atoms with van der Waals surface area (Å²) in [7, 11) is 0. The van der Waals surface area contributed by atoms with Gasteiger partial charge in [0.2, 0.25) is 0 Å². The molecule has 0 aliphatic heterocycles. The Morgan fingerprint density at radius 2 is 1.95 bits per heavy atom. The van der Waals surface area contributed by atoms with E-state index in [1.807, 2.05) is 49.7 Å². The summed E-state index contributed by atoms with van der Waals surface area (Å²) in [6.07, 6.45) is 0. The van der Waals surface area contributed by atoms with Crippen LogP contribution in [0.5, 0.6) is 0 Å². The first-order chi connectivity index (χ1) is 8.91. The predicted molar refractivity (Wildman–Crippen MR) is 80.0 cm³/mol. The highest BCUT2D eigenvalue weighted by Gasteiger charge is 2.23. The van der Waals surface area contributed by atoms with Crippen molar-refractivity contribution in [3.05, 3.63) is 51.3 Å². The van der Waals surface area contributed by atoms with Gasteiger partial charge in [0.25, 0.3) is 0 Å². The lowest BCUT2D eigenvalue weighted by atomic mass is 10.0. The van der Waals surface area contributed by atoms with E-state index >= 15 is 0 Å². The molecule has 0 saturated heterocycles. The first kappa shape index (κ1) is 14.4. The number of halogens is 2. The fourth-order valence-corrected chi connectivity index (χ4v) is 2.59. The Labute approximate surface area is 123 Å².